The predicted molar refractivity (Wildman–Crippen MR) is 61.8 cm³/mol. The molecule has 88 valence electrons. The van der Waals surface area contributed by atoms with Crippen molar-refractivity contribution < 1.29 is 5.11 Å². The largest absolute Gasteiger partial charge is 0.390 e. The summed E-state index contributed by atoms with van der Waals surface area (Å²) in [5.74, 6) is 0.759. The molecule has 0 aromatic carbocycles. The average Bonchev–Trinajstić information content (AvgIpc) is 2.29. The molecule has 3 nitrogen and oxygen atoms in total. The van der Waals surface area contributed by atoms with Gasteiger partial charge in [-0.25, -0.2) is 0 Å². The normalized spacial score (nSPS) is 40.0. The van der Waals surface area contributed by atoms with Gasteiger partial charge in [0.1, 0.15) is 0 Å². The third kappa shape index (κ3) is 2.92. The zero-order valence-electron chi connectivity index (χ0n) is 9.71. The molecule has 2 aliphatic heterocycles. The van der Waals surface area contributed by atoms with Crippen LogP contribution in [-0.2, 0) is 0 Å². The first-order chi connectivity index (χ1) is 7.27. The van der Waals surface area contributed by atoms with Gasteiger partial charge in [-0.1, -0.05) is 13.3 Å². The van der Waals surface area contributed by atoms with Crippen LogP contribution in [0.15, 0.2) is 0 Å². The van der Waals surface area contributed by atoms with Crippen LogP contribution in [0, 0.1) is 5.92 Å². The van der Waals surface area contributed by atoms with E-state index in [1.54, 1.807) is 0 Å². The van der Waals surface area contributed by atoms with E-state index >= 15 is 0 Å². The maximum Gasteiger partial charge on any atom is 0.0845 e. The van der Waals surface area contributed by atoms with E-state index in [4.69, 9.17) is 0 Å². The van der Waals surface area contributed by atoms with Crippen LogP contribution in [0.1, 0.15) is 39.0 Å². The van der Waals surface area contributed by atoms with Crippen LogP contribution in [0.25, 0.3) is 0 Å². The number of aliphatic hydroxyl groups is 1. The van der Waals surface area contributed by atoms with Crippen LogP contribution < -0.4 is 10.6 Å². The van der Waals surface area contributed by atoms with Gasteiger partial charge in [-0.05, 0) is 44.7 Å². The van der Waals surface area contributed by atoms with E-state index in [-0.39, 0.29) is 6.10 Å². The summed E-state index contributed by atoms with van der Waals surface area (Å²) in [5, 5.41) is 17.2. The van der Waals surface area contributed by atoms with Crippen LogP contribution >= 0.6 is 0 Å². The van der Waals surface area contributed by atoms with E-state index in [2.05, 4.69) is 17.6 Å². The second kappa shape index (κ2) is 5.28. The first kappa shape index (κ1) is 11.4. The highest BCUT2D eigenvalue weighted by molar-refractivity contribution is 4.90. The summed E-state index contributed by atoms with van der Waals surface area (Å²) in [5.41, 5.74) is 0. The van der Waals surface area contributed by atoms with Crippen molar-refractivity contribution in [3.05, 3.63) is 0 Å². The smallest absolute Gasteiger partial charge is 0.0845 e. The average molecular weight is 212 g/mol. The molecule has 0 aromatic rings. The number of aliphatic hydroxyl groups excluding tert-OH is 1. The monoisotopic (exact) mass is 212 g/mol. The Morgan fingerprint density at radius 3 is 2.53 bits per heavy atom. The Kier molecular flexibility index (Phi) is 4.00. The van der Waals surface area contributed by atoms with Crippen LogP contribution in [0.4, 0.5) is 0 Å². The van der Waals surface area contributed by atoms with Crippen LogP contribution in [-0.4, -0.2) is 36.4 Å². The Morgan fingerprint density at radius 1 is 1.07 bits per heavy atom. The van der Waals surface area contributed by atoms with E-state index in [1.807, 2.05) is 0 Å². The van der Waals surface area contributed by atoms with Gasteiger partial charge in [-0.15, -0.1) is 0 Å². The zero-order chi connectivity index (χ0) is 10.7. The summed E-state index contributed by atoms with van der Waals surface area (Å²) < 4.78 is 0. The van der Waals surface area contributed by atoms with E-state index in [0.717, 1.165) is 31.8 Å². The lowest BCUT2D eigenvalue weighted by Gasteiger charge is -2.37. The number of nitrogens with one attached hydrogen (secondary N) is 2. The molecule has 0 saturated carbocycles. The van der Waals surface area contributed by atoms with Crippen molar-refractivity contribution in [2.45, 2.75) is 57.2 Å². The van der Waals surface area contributed by atoms with Crippen molar-refractivity contribution in [2.24, 2.45) is 5.92 Å². The maximum absolute atomic E-state index is 10.3. The summed E-state index contributed by atoms with van der Waals surface area (Å²) in [6.45, 7) is 4.43. The Balaban J connectivity index is 1.85. The molecule has 2 aliphatic rings. The highest BCUT2D eigenvalue weighted by atomic mass is 16.3. The second-order valence-corrected chi connectivity index (χ2v) is 5.24. The van der Waals surface area contributed by atoms with Crippen LogP contribution in [0.5, 0.6) is 0 Å². The minimum absolute atomic E-state index is 0.201. The lowest BCUT2D eigenvalue weighted by atomic mass is 9.86. The Hall–Kier alpha value is -0.120. The van der Waals surface area contributed by atoms with Gasteiger partial charge < -0.3 is 15.7 Å². The van der Waals surface area contributed by atoms with E-state index < -0.39 is 0 Å². The van der Waals surface area contributed by atoms with E-state index in [1.165, 1.54) is 19.3 Å². The highest BCUT2D eigenvalue weighted by Crippen LogP contribution is 2.21. The molecule has 0 radical (unpaired) electrons. The van der Waals surface area contributed by atoms with Gasteiger partial charge >= 0.3 is 0 Å². The lowest BCUT2D eigenvalue weighted by Crippen LogP contribution is -2.55. The molecule has 2 saturated heterocycles. The molecule has 3 heteroatoms. The van der Waals surface area contributed by atoms with Gasteiger partial charge in [-0.2, -0.15) is 0 Å². The first-order valence-electron chi connectivity index (χ1n) is 6.42. The fraction of sp³-hybridized carbons (Fsp3) is 1.00. The second-order valence-electron chi connectivity index (χ2n) is 5.24. The highest BCUT2D eigenvalue weighted by Gasteiger charge is 2.31. The Labute approximate surface area is 92.6 Å². The van der Waals surface area contributed by atoms with Gasteiger partial charge in [-0.3, -0.25) is 0 Å². The van der Waals surface area contributed by atoms with Crippen molar-refractivity contribution in [1.29, 1.82) is 0 Å². The summed E-state index contributed by atoms with van der Waals surface area (Å²) in [6.07, 6.45) is 5.83. The minimum Gasteiger partial charge on any atom is -0.390 e. The summed E-state index contributed by atoms with van der Waals surface area (Å²) >= 11 is 0. The third-order valence-corrected chi connectivity index (χ3v) is 3.87. The van der Waals surface area contributed by atoms with Crippen molar-refractivity contribution in [1.82, 2.24) is 10.6 Å². The molecular weight excluding hydrogens is 188 g/mol. The zero-order valence-corrected chi connectivity index (χ0v) is 9.71. The topological polar surface area (TPSA) is 44.3 Å². The number of piperidine rings is 2. The molecular formula is C12H24N2O. The molecule has 4 unspecified atom stereocenters. The molecule has 0 aromatic heterocycles. The molecule has 2 heterocycles. The standard InChI is InChI=1S/C12H24N2O/c1-9-5-7-14-11(8-9)12(15)10-4-2-3-6-13-10/h9-15H,2-8H2,1H3. The maximum atomic E-state index is 10.3. The van der Waals surface area contributed by atoms with Crippen molar-refractivity contribution >= 4 is 0 Å². The van der Waals surface area contributed by atoms with Gasteiger partial charge in [0.25, 0.3) is 0 Å². The molecule has 0 spiro atoms. The molecule has 0 amide bonds. The summed E-state index contributed by atoms with van der Waals surface area (Å²) in [6, 6.07) is 0.630. The van der Waals surface area contributed by atoms with Crippen molar-refractivity contribution in [3.8, 4) is 0 Å². The summed E-state index contributed by atoms with van der Waals surface area (Å²) in [4.78, 5) is 0. The Bertz CT molecular complexity index is 192. The van der Waals surface area contributed by atoms with E-state index in [9.17, 15) is 5.11 Å². The molecule has 4 atom stereocenters. The number of hydrogen-bond donors (Lipinski definition) is 3. The lowest BCUT2D eigenvalue weighted by molar-refractivity contribution is 0.0573. The quantitative estimate of drug-likeness (QED) is 0.636. The number of hydrogen-bond acceptors (Lipinski definition) is 3. The predicted octanol–water partition coefficient (Wildman–Crippen LogP) is 0.877. The molecule has 2 fully saturated rings. The molecule has 3 N–H and O–H groups in total. The van der Waals surface area contributed by atoms with Crippen LogP contribution in [0.3, 0.4) is 0 Å². The number of rotatable bonds is 2. The van der Waals surface area contributed by atoms with Crippen molar-refractivity contribution in [2.75, 3.05) is 13.1 Å². The first-order valence-corrected chi connectivity index (χ1v) is 6.42. The molecule has 0 aliphatic carbocycles. The summed E-state index contributed by atoms with van der Waals surface area (Å²) in [7, 11) is 0. The molecule has 15 heavy (non-hydrogen) atoms. The van der Waals surface area contributed by atoms with Crippen LogP contribution in [0.2, 0.25) is 0 Å². The van der Waals surface area contributed by atoms with Crippen molar-refractivity contribution in [3.63, 3.8) is 0 Å². The molecule has 2 rings (SSSR count). The van der Waals surface area contributed by atoms with Gasteiger partial charge in [0.2, 0.25) is 0 Å². The van der Waals surface area contributed by atoms with Gasteiger partial charge in [0, 0.05) is 12.1 Å². The molecule has 0 bridgehead atoms. The third-order valence-electron chi connectivity index (χ3n) is 3.87. The fourth-order valence-corrected chi connectivity index (χ4v) is 2.86. The fourth-order valence-electron chi connectivity index (χ4n) is 2.86. The SMILES string of the molecule is CC1CCNC(C(O)C2CCCCN2)C1. The van der Waals surface area contributed by atoms with Gasteiger partial charge in [0.05, 0.1) is 6.10 Å². The van der Waals surface area contributed by atoms with Gasteiger partial charge in [0.15, 0.2) is 0 Å². The minimum atomic E-state index is -0.201. The van der Waals surface area contributed by atoms with E-state index in [0.29, 0.717) is 12.1 Å². The Morgan fingerprint density at radius 2 is 1.87 bits per heavy atom.